The first-order valence-electron chi connectivity index (χ1n) is 9.78. The number of rotatable bonds is 8. The van der Waals surface area contributed by atoms with Crippen LogP contribution in [0, 0.1) is 6.92 Å². The molecule has 168 valence electrons. The number of carbonyl (C=O) groups excluding carboxylic acids is 1. The van der Waals surface area contributed by atoms with Gasteiger partial charge < -0.3 is 10.1 Å². The van der Waals surface area contributed by atoms with Gasteiger partial charge in [0, 0.05) is 0 Å². The number of ether oxygens (including phenoxy) is 1. The van der Waals surface area contributed by atoms with Crippen molar-refractivity contribution in [3.63, 3.8) is 0 Å². The molecule has 0 spiro atoms. The number of sulfonamides is 1. The van der Waals surface area contributed by atoms with E-state index in [4.69, 9.17) is 27.9 Å². The number of benzene rings is 3. The summed E-state index contributed by atoms with van der Waals surface area (Å²) >= 11 is 12.1. The molecule has 0 aliphatic carbocycles. The highest BCUT2D eigenvalue weighted by Crippen LogP contribution is 2.30. The second-order valence-electron chi connectivity index (χ2n) is 6.90. The van der Waals surface area contributed by atoms with Crippen molar-refractivity contribution in [2.45, 2.75) is 18.7 Å². The molecule has 0 heterocycles. The zero-order chi connectivity index (χ0) is 23.3. The van der Waals surface area contributed by atoms with Gasteiger partial charge in [0.05, 0.1) is 32.9 Å². The van der Waals surface area contributed by atoms with Crippen LogP contribution < -0.4 is 14.4 Å². The SMILES string of the molecule is CCOc1ccc(S(=O)(=O)N(CC(=O)Nc2cccc(Cl)c2Cl)c2ccc(C)cc2)cc1. The number of hydrogen-bond acceptors (Lipinski definition) is 4. The standard InChI is InChI=1S/C23H22Cl2N2O4S/c1-3-31-18-11-13-19(14-12-18)32(29,30)27(17-9-7-16(2)8-10-17)15-22(28)26-21-6-4-5-20(24)23(21)25/h4-14H,3,15H2,1-2H3,(H,26,28). The van der Waals surface area contributed by atoms with Gasteiger partial charge in [-0.05, 0) is 62.4 Å². The summed E-state index contributed by atoms with van der Waals surface area (Å²) in [6, 6.07) is 17.7. The summed E-state index contributed by atoms with van der Waals surface area (Å²) in [6.07, 6.45) is 0. The normalized spacial score (nSPS) is 11.1. The van der Waals surface area contributed by atoms with Gasteiger partial charge >= 0.3 is 0 Å². The number of amides is 1. The lowest BCUT2D eigenvalue weighted by Crippen LogP contribution is -2.38. The predicted molar refractivity (Wildman–Crippen MR) is 128 cm³/mol. The Labute approximate surface area is 197 Å². The Morgan fingerprint density at radius 1 is 1.00 bits per heavy atom. The molecule has 3 aromatic rings. The summed E-state index contributed by atoms with van der Waals surface area (Å²) in [5.41, 5.74) is 1.62. The van der Waals surface area contributed by atoms with Crippen LogP contribution in [0.15, 0.2) is 71.6 Å². The van der Waals surface area contributed by atoms with Gasteiger partial charge in [-0.1, -0.05) is 47.0 Å². The molecule has 0 radical (unpaired) electrons. The van der Waals surface area contributed by atoms with Crippen LogP contribution in [0.1, 0.15) is 12.5 Å². The van der Waals surface area contributed by atoms with Crippen LogP contribution >= 0.6 is 23.2 Å². The lowest BCUT2D eigenvalue weighted by Gasteiger charge is -2.24. The first-order valence-corrected chi connectivity index (χ1v) is 12.0. The second kappa shape index (κ2) is 10.3. The monoisotopic (exact) mass is 492 g/mol. The third-order valence-corrected chi connectivity index (χ3v) is 7.16. The van der Waals surface area contributed by atoms with E-state index in [0.717, 1.165) is 9.87 Å². The number of nitrogens with zero attached hydrogens (tertiary/aromatic N) is 1. The first kappa shape index (κ1) is 23.9. The quantitative estimate of drug-likeness (QED) is 0.448. The largest absolute Gasteiger partial charge is 0.494 e. The Kier molecular flexibility index (Phi) is 7.66. The van der Waals surface area contributed by atoms with E-state index in [9.17, 15) is 13.2 Å². The van der Waals surface area contributed by atoms with Crippen molar-refractivity contribution in [3.8, 4) is 5.75 Å². The number of nitrogens with one attached hydrogen (secondary N) is 1. The van der Waals surface area contributed by atoms with Crippen LogP contribution in [0.5, 0.6) is 5.75 Å². The van der Waals surface area contributed by atoms with Gasteiger partial charge in [-0.3, -0.25) is 9.10 Å². The maximum absolute atomic E-state index is 13.5. The maximum atomic E-state index is 13.5. The lowest BCUT2D eigenvalue weighted by atomic mass is 10.2. The van der Waals surface area contributed by atoms with Crippen LogP contribution in [-0.4, -0.2) is 27.5 Å². The molecule has 0 aromatic heterocycles. The van der Waals surface area contributed by atoms with E-state index in [-0.39, 0.29) is 14.9 Å². The zero-order valence-electron chi connectivity index (χ0n) is 17.5. The molecular formula is C23H22Cl2N2O4S. The Morgan fingerprint density at radius 3 is 2.28 bits per heavy atom. The van der Waals surface area contributed by atoms with E-state index >= 15 is 0 Å². The van der Waals surface area contributed by atoms with Gasteiger partial charge in [0.25, 0.3) is 10.0 Å². The second-order valence-corrected chi connectivity index (χ2v) is 9.55. The Balaban J connectivity index is 1.93. The third-order valence-electron chi connectivity index (χ3n) is 4.56. The van der Waals surface area contributed by atoms with E-state index in [2.05, 4.69) is 5.32 Å². The van der Waals surface area contributed by atoms with Gasteiger partial charge in [-0.25, -0.2) is 8.42 Å². The van der Waals surface area contributed by atoms with E-state index in [1.165, 1.54) is 12.1 Å². The average molecular weight is 493 g/mol. The van der Waals surface area contributed by atoms with Crippen molar-refractivity contribution in [1.29, 1.82) is 0 Å². The highest BCUT2D eigenvalue weighted by molar-refractivity contribution is 7.92. The highest BCUT2D eigenvalue weighted by atomic mass is 35.5. The molecular weight excluding hydrogens is 471 g/mol. The van der Waals surface area contributed by atoms with Gasteiger partial charge in [0.1, 0.15) is 12.3 Å². The van der Waals surface area contributed by atoms with Gasteiger partial charge in [0.2, 0.25) is 5.91 Å². The summed E-state index contributed by atoms with van der Waals surface area (Å²) in [6.45, 7) is 3.74. The molecule has 9 heteroatoms. The molecule has 0 aliphatic rings. The molecule has 0 saturated heterocycles. The summed E-state index contributed by atoms with van der Waals surface area (Å²) in [5.74, 6) is -0.00840. The highest BCUT2D eigenvalue weighted by Gasteiger charge is 2.27. The number of anilines is 2. The minimum atomic E-state index is -4.05. The maximum Gasteiger partial charge on any atom is 0.264 e. The van der Waals surface area contributed by atoms with Crippen molar-refractivity contribution in [3.05, 3.63) is 82.3 Å². The molecule has 0 unspecified atom stereocenters. The van der Waals surface area contributed by atoms with Gasteiger partial charge in [-0.2, -0.15) is 0 Å². The minimum Gasteiger partial charge on any atom is -0.494 e. The zero-order valence-corrected chi connectivity index (χ0v) is 19.8. The molecule has 3 aromatic carbocycles. The number of carbonyl (C=O) groups is 1. The smallest absolute Gasteiger partial charge is 0.264 e. The van der Waals surface area contributed by atoms with E-state index in [0.29, 0.717) is 23.7 Å². The average Bonchev–Trinajstić information content (AvgIpc) is 2.76. The number of aryl methyl sites for hydroxylation is 1. The molecule has 32 heavy (non-hydrogen) atoms. The summed E-state index contributed by atoms with van der Waals surface area (Å²) in [4.78, 5) is 12.8. The molecule has 0 atom stereocenters. The minimum absolute atomic E-state index is 0.0371. The van der Waals surface area contributed by atoms with E-state index in [1.54, 1.807) is 54.6 Å². The first-order chi connectivity index (χ1) is 15.2. The van der Waals surface area contributed by atoms with Crippen LogP contribution in [0.3, 0.4) is 0 Å². The fourth-order valence-electron chi connectivity index (χ4n) is 2.95. The van der Waals surface area contributed by atoms with Gasteiger partial charge in [0.15, 0.2) is 0 Å². The lowest BCUT2D eigenvalue weighted by molar-refractivity contribution is -0.114. The van der Waals surface area contributed by atoms with E-state index in [1.807, 2.05) is 13.8 Å². The van der Waals surface area contributed by atoms with Crippen LogP contribution in [0.4, 0.5) is 11.4 Å². The fourth-order valence-corrected chi connectivity index (χ4v) is 4.72. The van der Waals surface area contributed by atoms with Crippen molar-refractivity contribution < 1.29 is 17.9 Å². The van der Waals surface area contributed by atoms with E-state index < -0.39 is 22.5 Å². The molecule has 1 amide bonds. The van der Waals surface area contributed by atoms with Gasteiger partial charge in [-0.15, -0.1) is 0 Å². The third kappa shape index (κ3) is 5.54. The van der Waals surface area contributed by atoms with Crippen LogP contribution in [0.2, 0.25) is 10.0 Å². The Bertz CT molecular complexity index is 1200. The Hall–Kier alpha value is -2.74. The molecule has 0 fully saturated rings. The van der Waals surface area contributed by atoms with Crippen LogP contribution in [0.25, 0.3) is 0 Å². The molecule has 0 saturated carbocycles. The van der Waals surface area contributed by atoms with Crippen molar-refractivity contribution in [2.24, 2.45) is 0 Å². The van der Waals surface area contributed by atoms with Crippen LogP contribution in [-0.2, 0) is 14.8 Å². The topological polar surface area (TPSA) is 75.7 Å². The molecule has 1 N–H and O–H groups in total. The summed E-state index contributed by atoms with van der Waals surface area (Å²) in [7, 11) is -4.05. The summed E-state index contributed by atoms with van der Waals surface area (Å²) < 4.78 is 33.3. The molecule has 6 nitrogen and oxygen atoms in total. The number of hydrogen-bond donors (Lipinski definition) is 1. The predicted octanol–water partition coefficient (Wildman–Crippen LogP) is 5.53. The Morgan fingerprint density at radius 2 is 1.66 bits per heavy atom. The molecule has 3 rings (SSSR count). The van der Waals surface area contributed by atoms with Crippen molar-refractivity contribution in [1.82, 2.24) is 0 Å². The fraction of sp³-hybridized carbons (Fsp3) is 0.174. The molecule has 0 bridgehead atoms. The number of halogens is 2. The summed E-state index contributed by atoms with van der Waals surface area (Å²) in [5, 5.41) is 3.09. The van der Waals surface area contributed by atoms with Crippen molar-refractivity contribution >= 4 is 50.5 Å². The van der Waals surface area contributed by atoms with Crippen molar-refractivity contribution in [2.75, 3.05) is 22.8 Å². The molecule has 0 aliphatic heterocycles.